The highest BCUT2D eigenvalue weighted by Gasteiger charge is 2.38. The normalized spacial score (nSPS) is 26.7. The zero-order chi connectivity index (χ0) is 14.7. The molecule has 3 heteroatoms. The summed E-state index contributed by atoms with van der Waals surface area (Å²) in [7, 11) is 0. The van der Waals surface area contributed by atoms with Gasteiger partial charge in [0.05, 0.1) is 6.61 Å². The Hall–Kier alpha value is -0.120. The Morgan fingerprint density at radius 2 is 1.74 bits per heavy atom. The lowest BCUT2D eigenvalue weighted by Crippen LogP contribution is -2.63. The van der Waals surface area contributed by atoms with Gasteiger partial charge in [0.2, 0.25) is 0 Å². The van der Waals surface area contributed by atoms with Gasteiger partial charge in [0.15, 0.2) is 0 Å². The smallest absolute Gasteiger partial charge is 0.0593 e. The van der Waals surface area contributed by atoms with Crippen molar-refractivity contribution in [3.63, 3.8) is 0 Å². The van der Waals surface area contributed by atoms with Crippen molar-refractivity contribution in [1.82, 2.24) is 10.2 Å². The summed E-state index contributed by atoms with van der Waals surface area (Å²) in [5.74, 6) is 0. The van der Waals surface area contributed by atoms with Gasteiger partial charge in [0.25, 0.3) is 0 Å². The van der Waals surface area contributed by atoms with Crippen LogP contribution in [0.1, 0.15) is 48.5 Å². The summed E-state index contributed by atoms with van der Waals surface area (Å²) in [6, 6.07) is 1.15. The number of rotatable bonds is 4. The molecule has 1 aliphatic heterocycles. The van der Waals surface area contributed by atoms with E-state index in [1.807, 2.05) is 0 Å². The van der Waals surface area contributed by atoms with Crippen LogP contribution in [-0.4, -0.2) is 49.8 Å². The fourth-order valence-electron chi connectivity index (χ4n) is 2.82. The highest BCUT2D eigenvalue weighted by Crippen LogP contribution is 2.30. The van der Waals surface area contributed by atoms with Crippen LogP contribution in [-0.2, 0) is 4.74 Å². The molecule has 0 amide bonds. The third-order valence-electron chi connectivity index (χ3n) is 4.19. The van der Waals surface area contributed by atoms with Gasteiger partial charge >= 0.3 is 0 Å². The van der Waals surface area contributed by atoms with Gasteiger partial charge in [-0.1, -0.05) is 41.5 Å². The summed E-state index contributed by atoms with van der Waals surface area (Å²) in [5, 5.41) is 3.75. The molecule has 3 nitrogen and oxygen atoms in total. The van der Waals surface area contributed by atoms with Gasteiger partial charge in [-0.25, -0.2) is 0 Å². The number of nitrogens with one attached hydrogen (secondary N) is 1. The second-order valence-electron chi connectivity index (χ2n) is 7.90. The van der Waals surface area contributed by atoms with E-state index >= 15 is 0 Å². The van der Waals surface area contributed by atoms with Gasteiger partial charge in [0, 0.05) is 38.3 Å². The lowest BCUT2D eigenvalue weighted by Gasteiger charge is -2.49. The first-order valence-corrected chi connectivity index (χ1v) is 7.71. The van der Waals surface area contributed by atoms with Crippen molar-refractivity contribution in [2.45, 2.75) is 60.5 Å². The first-order valence-electron chi connectivity index (χ1n) is 7.71. The Morgan fingerprint density at radius 1 is 1.11 bits per heavy atom. The van der Waals surface area contributed by atoms with E-state index in [9.17, 15) is 0 Å². The van der Waals surface area contributed by atoms with Crippen molar-refractivity contribution < 1.29 is 4.74 Å². The lowest BCUT2D eigenvalue weighted by molar-refractivity contribution is 0.00932. The Kier molecular flexibility index (Phi) is 5.84. The van der Waals surface area contributed by atoms with E-state index in [-0.39, 0.29) is 0 Å². The monoisotopic (exact) mass is 270 g/mol. The summed E-state index contributed by atoms with van der Waals surface area (Å²) in [6.07, 6.45) is 0. The molecule has 0 bridgehead atoms. The maximum atomic E-state index is 5.56. The maximum absolute atomic E-state index is 5.56. The van der Waals surface area contributed by atoms with Gasteiger partial charge in [-0.3, -0.25) is 4.90 Å². The largest absolute Gasteiger partial charge is 0.380 e. The van der Waals surface area contributed by atoms with Gasteiger partial charge in [-0.2, -0.15) is 0 Å². The number of hydrogen-bond acceptors (Lipinski definition) is 3. The van der Waals surface area contributed by atoms with Crippen LogP contribution in [0.2, 0.25) is 0 Å². The number of ether oxygens (including phenoxy) is 1. The number of nitrogens with zero attached hydrogens (tertiary/aromatic N) is 1. The summed E-state index contributed by atoms with van der Waals surface area (Å²) < 4.78 is 5.56. The lowest BCUT2D eigenvalue weighted by atomic mass is 9.79. The first kappa shape index (κ1) is 16.9. The van der Waals surface area contributed by atoms with Crippen molar-refractivity contribution in [1.29, 1.82) is 0 Å². The Bertz CT molecular complexity index is 265. The maximum Gasteiger partial charge on any atom is 0.0593 e. The van der Waals surface area contributed by atoms with Crippen molar-refractivity contribution in [3.05, 3.63) is 0 Å². The zero-order valence-electron chi connectivity index (χ0n) is 14.0. The van der Waals surface area contributed by atoms with Crippen LogP contribution in [0.5, 0.6) is 0 Å². The zero-order valence-corrected chi connectivity index (χ0v) is 14.0. The molecule has 0 aromatic carbocycles. The molecule has 0 aliphatic carbocycles. The Balaban J connectivity index is 2.69. The van der Waals surface area contributed by atoms with Gasteiger partial charge in [-0.15, -0.1) is 0 Å². The minimum Gasteiger partial charge on any atom is -0.380 e. The molecule has 114 valence electrons. The van der Waals surface area contributed by atoms with Crippen molar-refractivity contribution in [2.24, 2.45) is 10.8 Å². The minimum absolute atomic E-state index is 0.308. The molecule has 1 N–H and O–H groups in total. The van der Waals surface area contributed by atoms with E-state index in [4.69, 9.17) is 4.74 Å². The first-order chi connectivity index (χ1) is 8.66. The van der Waals surface area contributed by atoms with Crippen LogP contribution in [0.3, 0.4) is 0 Å². The minimum atomic E-state index is 0.308. The molecule has 1 saturated heterocycles. The van der Waals surface area contributed by atoms with E-state index in [0.717, 1.165) is 32.8 Å². The number of piperazine rings is 1. The molecular formula is C16H34N2O. The molecule has 1 heterocycles. The molecule has 0 aromatic heterocycles. The summed E-state index contributed by atoms with van der Waals surface area (Å²) in [5.41, 5.74) is 0.620. The second-order valence-corrected chi connectivity index (χ2v) is 7.90. The number of hydrogen-bond donors (Lipinski definition) is 1. The molecule has 0 spiro atoms. The molecule has 0 aromatic rings. The van der Waals surface area contributed by atoms with Crippen LogP contribution in [0.15, 0.2) is 0 Å². The predicted octanol–water partition coefficient (Wildman–Crippen LogP) is 2.76. The van der Waals surface area contributed by atoms with Gasteiger partial charge in [-0.05, 0) is 17.8 Å². The van der Waals surface area contributed by atoms with Crippen LogP contribution in [0.25, 0.3) is 0 Å². The van der Waals surface area contributed by atoms with Crippen LogP contribution in [0.4, 0.5) is 0 Å². The standard InChI is InChI=1S/C16H34N2O/c1-8-19-10-9-18-12-13(15(2,3)4)17-11-14(18)16(5,6)7/h13-14,17H,8-12H2,1-7H3. The molecule has 2 atom stereocenters. The van der Waals surface area contributed by atoms with E-state index in [1.54, 1.807) is 0 Å². The molecule has 0 radical (unpaired) electrons. The van der Waals surface area contributed by atoms with Crippen LogP contribution in [0, 0.1) is 10.8 Å². The Labute approximate surface area is 120 Å². The third kappa shape index (κ3) is 5.05. The molecular weight excluding hydrogens is 236 g/mol. The third-order valence-corrected chi connectivity index (χ3v) is 4.19. The molecule has 0 saturated carbocycles. The van der Waals surface area contributed by atoms with Crippen molar-refractivity contribution in [3.8, 4) is 0 Å². The molecule has 1 aliphatic rings. The predicted molar refractivity (Wildman–Crippen MR) is 82.6 cm³/mol. The van der Waals surface area contributed by atoms with E-state index < -0.39 is 0 Å². The van der Waals surface area contributed by atoms with Gasteiger partial charge < -0.3 is 10.1 Å². The molecule has 1 fully saturated rings. The van der Waals surface area contributed by atoms with Gasteiger partial charge in [0.1, 0.15) is 0 Å². The van der Waals surface area contributed by atoms with E-state index in [0.29, 0.717) is 22.9 Å². The SMILES string of the molecule is CCOCCN1CC(C(C)(C)C)NCC1C(C)(C)C. The van der Waals surface area contributed by atoms with Crippen molar-refractivity contribution in [2.75, 3.05) is 32.8 Å². The molecule has 2 unspecified atom stereocenters. The average molecular weight is 270 g/mol. The highest BCUT2D eigenvalue weighted by atomic mass is 16.5. The molecule has 1 rings (SSSR count). The quantitative estimate of drug-likeness (QED) is 0.795. The molecule has 19 heavy (non-hydrogen) atoms. The van der Waals surface area contributed by atoms with E-state index in [1.165, 1.54) is 0 Å². The fourth-order valence-corrected chi connectivity index (χ4v) is 2.82. The Morgan fingerprint density at radius 3 is 2.21 bits per heavy atom. The average Bonchev–Trinajstić information content (AvgIpc) is 2.26. The summed E-state index contributed by atoms with van der Waals surface area (Å²) >= 11 is 0. The second kappa shape index (κ2) is 6.55. The summed E-state index contributed by atoms with van der Waals surface area (Å²) in [4.78, 5) is 2.63. The highest BCUT2D eigenvalue weighted by molar-refractivity contribution is 4.95. The van der Waals surface area contributed by atoms with E-state index in [2.05, 4.69) is 58.7 Å². The van der Waals surface area contributed by atoms with Crippen LogP contribution < -0.4 is 5.32 Å². The topological polar surface area (TPSA) is 24.5 Å². The fraction of sp³-hybridized carbons (Fsp3) is 1.00. The van der Waals surface area contributed by atoms with Crippen LogP contribution >= 0.6 is 0 Å². The van der Waals surface area contributed by atoms with Crippen molar-refractivity contribution >= 4 is 0 Å². The summed E-state index contributed by atoms with van der Waals surface area (Å²) in [6.45, 7) is 21.0.